The summed E-state index contributed by atoms with van der Waals surface area (Å²) in [7, 11) is 0. The molecule has 5 N–H and O–H groups in total. The van der Waals surface area contributed by atoms with Crippen molar-refractivity contribution in [2.24, 2.45) is 11.7 Å². The molecule has 1 aromatic heterocycles. The number of aromatic nitrogens is 2. The third-order valence-corrected chi connectivity index (χ3v) is 7.31. The van der Waals surface area contributed by atoms with E-state index in [0.717, 1.165) is 57.3 Å². The molecule has 11 nitrogen and oxygen atoms in total. The summed E-state index contributed by atoms with van der Waals surface area (Å²) in [6, 6.07) is 9.58. The number of nitriles is 1. The highest BCUT2D eigenvalue weighted by atomic mass is 16.5. The molecular weight excluding hydrogens is 484 g/mol. The van der Waals surface area contributed by atoms with Gasteiger partial charge in [0.25, 0.3) is 5.91 Å². The molecule has 0 unspecified atom stereocenters. The Morgan fingerprint density at radius 1 is 1.26 bits per heavy atom. The van der Waals surface area contributed by atoms with Gasteiger partial charge in [-0.3, -0.25) is 9.69 Å². The van der Waals surface area contributed by atoms with Gasteiger partial charge in [-0.15, -0.1) is 0 Å². The monoisotopic (exact) mass is 520 g/mol. The maximum Gasteiger partial charge on any atom is 0.254 e. The lowest BCUT2D eigenvalue weighted by Gasteiger charge is -2.35. The lowest BCUT2D eigenvalue weighted by Crippen LogP contribution is -2.43. The Bertz CT molecular complexity index is 1160. The van der Waals surface area contributed by atoms with Crippen LogP contribution in [0.5, 0.6) is 5.75 Å². The molecule has 0 bridgehead atoms. The van der Waals surface area contributed by atoms with E-state index >= 15 is 0 Å². The second-order valence-electron chi connectivity index (χ2n) is 10.3. The number of nitrogens with two attached hydrogens (primary N) is 1. The molecule has 2 saturated heterocycles. The van der Waals surface area contributed by atoms with E-state index in [9.17, 15) is 9.90 Å². The Hall–Kier alpha value is -3.75. The first-order valence-corrected chi connectivity index (χ1v) is 13.1. The summed E-state index contributed by atoms with van der Waals surface area (Å²) >= 11 is 0. The summed E-state index contributed by atoms with van der Waals surface area (Å²) in [6.07, 6.45) is 4.80. The molecule has 2 aliphatic rings. The highest BCUT2D eigenvalue weighted by Gasteiger charge is 2.27. The van der Waals surface area contributed by atoms with Gasteiger partial charge in [0.05, 0.1) is 11.7 Å². The molecule has 38 heavy (non-hydrogen) atoms. The van der Waals surface area contributed by atoms with Crippen LogP contribution >= 0.6 is 0 Å². The fourth-order valence-electron chi connectivity index (χ4n) is 4.83. The van der Waals surface area contributed by atoms with E-state index in [1.54, 1.807) is 0 Å². The minimum Gasteiger partial charge on any atom is -0.492 e. The van der Waals surface area contributed by atoms with Crippen molar-refractivity contribution in [3.8, 4) is 11.8 Å². The Kier molecular flexibility index (Phi) is 8.76. The number of primary amides is 1. The maximum atomic E-state index is 12.2. The second-order valence-corrected chi connectivity index (χ2v) is 10.3. The molecule has 11 heteroatoms. The number of ether oxygens (including phenoxy) is 1. The normalized spacial score (nSPS) is 18.0. The number of piperidine rings is 2. The number of amides is 1. The van der Waals surface area contributed by atoms with Crippen LogP contribution in [0.2, 0.25) is 0 Å². The molecule has 2 aromatic rings. The van der Waals surface area contributed by atoms with Crippen molar-refractivity contribution in [1.29, 1.82) is 10.7 Å². The van der Waals surface area contributed by atoms with Gasteiger partial charge in [-0.1, -0.05) is 0 Å². The molecule has 1 amide bonds. The summed E-state index contributed by atoms with van der Waals surface area (Å²) in [5, 5.41) is 30.0. The van der Waals surface area contributed by atoms with Crippen LogP contribution in [0.1, 0.15) is 55.1 Å². The van der Waals surface area contributed by atoms with Gasteiger partial charge >= 0.3 is 0 Å². The number of nitrogens with zero attached hydrogens (tertiary/aromatic N) is 5. The lowest BCUT2D eigenvalue weighted by atomic mass is 9.94. The van der Waals surface area contributed by atoms with Gasteiger partial charge in [0.1, 0.15) is 29.4 Å². The number of benzene rings is 1. The van der Waals surface area contributed by atoms with E-state index in [1.807, 2.05) is 36.1 Å². The summed E-state index contributed by atoms with van der Waals surface area (Å²) in [5.41, 5.74) is 5.98. The fourth-order valence-corrected chi connectivity index (χ4v) is 4.83. The van der Waals surface area contributed by atoms with E-state index in [0.29, 0.717) is 43.7 Å². The van der Waals surface area contributed by atoms with Crippen molar-refractivity contribution in [3.63, 3.8) is 0 Å². The predicted octanol–water partition coefficient (Wildman–Crippen LogP) is 2.67. The van der Waals surface area contributed by atoms with Crippen LogP contribution in [0.4, 0.5) is 17.5 Å². The van der Waals surface area contributed by atoms with Crippen molar-refractivity contribution in [2.45, 2.75) is 44.6 Å². The summed E-state index contributed by atoms with van der Waals surface area (Å²) < 4.78 is 5.90. The molecule has 0 radical (unpaired) electrons. The zero-order chi connectivity index (χ0) is 27.1. The van der Waals surface area contributed by atoms with E-state index in [4.69, 9.17) is 21.1 Å². The van der Waals surface area contributed by atoms with Crippen LogP contribution in [0.3, 0.4) is 0 Å². The van der Waals surface area contributed by atoms with Crippen LogP contribution in [0.25, 0.3) is 0 Å². The van der Waals surface area contributed by atoms with Crippen molar-refractivity contribution in [2.75, 3.05) is 49.5 Å². The molecule has 2 fully saturated rings. The number of carbonyl (C=O) groups excluding carboxylic acids is 1. The van der Waals surface area contributed by atoms with Crippen molar-refractivity contribution < 1.29 is 14.6 Å². The van der Waals surface area contributed by atoms with Crippen molar-refractivity contribution >= 4 is 29.6 Å². The third kappa shape index (κ3) is 6.96. The van der Waals surface area contributed by atoms with Crippen LogP contribution in [0.15, 0.2) is 24.3 Å². The Balaban J connectivity index is 1.41. The lowest BCUT2D eigenvalue weighted by molar-refractivity contribution is -0.00768. The topological polar surface area (TPSA) is 164 Å². The van der Waals surface area contributed by atoms with Gasteiger partial charge in [0.15, 0.2) is 0 Å². The van der Waals surface area contributed by atoms with Crippen LogP contribution in [0, 0.1) is 22.7 Å². The Labute approximate surface area is 223 Å². The number of rotatable bonds is 10. The summed E-state index contributed by atoms with van der Waals surface area (Å²) in [5.74, 6) is 1.03. The quantitative estimate of drug-likeness (QED) is 0.345. The minimum atomic E-state index is -0.718. The largest absolute Gasteiger partial charge is 0.492 e. The van der Waals surface area contributed by atoms with Crippen molar-refractivity contribution in [1.82, 2.24) is 14.9 Å². The van der Waals surface area contributed by atoms with Gasteiger partial charge in [0, 0.05) is 51.0 Å². The predicted molar refractivity (Wildman–Crippen MR) is 145 cm³/mol. The third-order valence-electron chi connectivity index (χ3n) is 7.31. The van der Waals surface area contributed by atoms with E-state index in [-0.39, 0.29) is 17.1 Å². The molecule has 1 aromatic carbocycles. The first kappa shape index (κ1) is 27.3. The molecule has 0 saturated carbocycles. The zero-order valence-electron chi connectivity index (χ0n) is 21.8. The van der Waals surface area contributed by atoms with E-state index in [2.05, 4.69) is 26.3 Å². The fraction of sp³-hybridized carbons (Fsp3) is 0.519. The zero-order valence-corrected chi connectivity index (χ0v) is 21.8. The molecule has 4 rings (SSSR count). The number of hydrogen-bond acceptors (Lipinski definition) is 10. The second kappa shape index (κ2) is 12.2. The Morgan fingerprint density at radius 2 is 1.95 bits per heavy atom. The molecule has 3 heterocycles. The Morgan fingerprint density at radius 3 is 2.55 bits per heavy atom. The number of nitrogens with one attached hydrogen (secondary N) is 2. The highest BCUT2D eigenvalue weighted by molar-refractivity contribution is 6.04. The molecule has 202 valence electrons. The van der Waals surface area contributed by atoms with Gasteiger partial charge in [-0.25, -0.2) is 4.98 Å². The van der Waals surface area contributed by atoms with Crippen molar-refractivity contribution in [3.05, 3.63) is 35.5 Å². The van der Waals surface area contributed by atoms with Crippen LogP contribution in [-0.4, -0.2) is 77.0 Å². The van der Waals surface area contributed by atoms with Gasteiger partial charge in [-0.05, 0) is 62.8 Å². The number of likely N-dealkylation sites (tertiary alicyclic amines) is 1. The van der Waals surface area contributed by atoms with Gasteiger partial charge < -0.3 is 31.2 Å². The maximum absolute atomic E-state index is 12.2. The molecular formula is C27H36N8O3. The molecule has 0 aliphatic carbocycles. The first-order valence-electron chi connectivity index (χ1n) is 13.1. The smallest absolute Gasteiger partial charge is 0.254 e. The van der Waals surface area contributed by atoms with Crippen LogP contribution < -0.4 is 20.7 Å². The average Bonchev–Trinajstić information content (AvgIpc) is 2.90. The summed E-state index contributed by atoms with van der Waals surface area (Å²) in [4.78, 5) is 25.6. The number of hydrogen-bond donors (Lipinski definition) is 4. The van der Waals surface area contributed by atoms with E-state index < -0.39 is 11.5 Å². The number of aliphatic hydroxyl groups is 1. The average molecular weight is 521 g/mol. The van der Waals surface area contributed by atoms with Gasteiger partial charge in [0.2, 0.25) is 5.95 Å². The number of anilines is 3. The first-order chi connectivity index (χ1) is 18.3. The standard InChI is InChI=1S/C27H36N8O3/c1-27(37)9-14-34(15-10-27)16-17-38-21-4-2-20(3-5-21)31-25-23(24(30)36)22(18-29)32-26(33-25)35-12-7-19(6-11-28)8-13-35/h2-5,18-19,29,37H,6-10,12-17H2,1H3,(H2,30,36)(H,31,32,33). The minimum absolute atomic E-state index is 0.0592. The highest BCUT2D eigenvalue weighted by Crippen LogP contribution is 2.28. The SMILES string of the molecule is CC1(O)CCN(CCOc2ccc(Nc3nc(N4CCC(CC#N)CC4)nc(C=N)c3C(N)=O)cc2)CC1. The number of carbonyl (C=O) groups is 1. The molecule has 2 aliphatic heterocycles. The van der Waals surface area contributed by atoms with Crippen LogP contribution in [-0.2, 0) is 0 Å². The van der Waals surface area contributed by atoms with E-state index in [1.165, 1.54) is 0 Å². The summed E-state index contributed by atoms with van der Waals surface area (Å²) in [6.45, 7) is 6.34. The molecule has 0 spiro atoms. The molecule has 0 atom stereocenters. The van der Waals surface area contributed by atoms with Gasteiger partial charge in [-0.2, -0.15) is 10.2 Å².